The van der Waals surface area contributed by atoms with Crippen molar-refractivity contribution in [2.24, 2.45) is 5.41 Å². The first-order chi connectivity index (χ1) is 27.7. The summed E-state index contributed by atoms with van der Waals surface area (Å²) in [5, 5.41) is 0. The lowest BCUT2D eigenvalue weighted by molar-refractivity contribution is -0.120. The largest absolute Gasteiger partial charge is 0.494 e. The fourth-order valence-electron chi connectivity index (χ4n) is 9.78. The molecule has 320 valence electrons. The quantitative estimate of drug-likeness (QED) is 0.103. The first-order valence-corrected chi connectivity index (χ1v) is 21.6. The van der Waals surface area contributed by atoms with Crippen molar-refractivity contribution in [2.75, 3.05) is 57.3 Å². The number of amides is 1. The van der Waals surface area contributed by atoms with E-state index in [-0.39, 0.29) is 39.4 Å². The molecule has 3 saturated heterocycles. The van der Waals surface area contributed by atoms with Gasteiger partial charge in [-0.15, -0.1) is 0 Å². The van der Waals surface area contributed by atoms with E-state index in [1.54, 1.807) is 6.92 Å². The second-order valence-corrected chi connectivity index (χ2v) is 17.7. The molecule has 1 unspecified atom stereocenters. The average Bonchev–Trinajstić information content (AvgIpc) is 3.77. The summed E-state index contributed by atoms with van der Waals surface area (Å²) in [5.74, 6) is 2.76. The van der Waals surface area contributed by atoms with E-state index in [2.05, 4.69) is 50.9 Å². The van der Waals surface area contributed by atoms with Crippen molar-refractivity contribution in [2.45, 2.75) is 124 Å². The van der Waals surface area contributed by atoms with Gasteiger partial charge in [0.1, 0.15) is 17.4 Å². The molecule has 11 nitrogen and oxygen atoms in total. The van der Waals surface area contributed by atoms with Crippen LogP contribution in [-0.4, -0.2) is 117 Å². The summed E-state index contributed by atoms with van der Waals surface area (Å²) < 4.78 is 14.8. The highest BCUT2D eigenvalue weighted by Crippen LogP contribution is 2.54. The van der Waals surface area contributed by atoms with Crippen LogP contribution in [0.4, 0.5) is 5.82 Å². The summed E-state index contributed by atoms with van der Waals surface area (Å²) in [4.78, 5) is 44.5. The van der Waals surface area contributed by atoms with Gasteiger partial charge in [0, 0.05) is 82.2 Å². The molecule has 4 aromatic rings. The molecular weight excluding hydrogens is 739 g/mol. The fraction of sp³-hybridized carbons (Fsp3) is 0.583. The molecule has 59 heavy (non-hydrogen) atoms. The maximum atomic E-state index is 13.5. The summed E-state index contributed by atoms with van der Waals surface area (Å²) in [7, 11) is 0. The Hall–Kier alpha value is -4.32. The van der Waals surface area contributed by atoms with Gasteiger partial charge < -0.3 is 29.0 Å². The summed E-state index contributed by atoms with van der Waals surface area (Å²) in [6, 6.07) is 16.8. The van der Waals surface area contributed by atoms with Gasteiger partial charge in [0.05, 0.1) is 29.8 Å². The van der Waals surface area contributed by atoms with Crippen LogP contribution in [0.1, 0.15) is 117 Å². The van der Waals surface area contributed by atoms with Crippen LogP contribution >= 0.6 is 0 Å². The number of nitrogens with zero attached hydrogens (tertiary/aromatic N) is 7. The van der Waals surface area contributed by atoms with Crippen molar-refractivity contribution in [3.8, 4) is 5.75 Å². The molecule has 2 aromatic heterocycles. The first kappa shape index (κ1) is 42.8. The summed E-state index contributed by atoms with van der Waals surface area (Å²) in [5.41, 5.74) is 4.44. The highest BCUT2D eigenvalue weighted by atomic mass is 16.5. The van der Waals surface area contributed by atoms with Crippen LogP contribution in [0.15, 0.2) is 61.3 Å². The molecule has 0 N–H and O–H groups in total. The Morgan fingerprint density at radius 3 is 2.44 bits per heavy atom. The predicted molar refractivity (Wildman–Crippen MR) is 239 cm³/mol. The Labute approximate surface area is 353 Å². The number of hydrogen-bond donors (Lipinski definition) is 0. The topological polar surface area (TPSA) is 95.8 Å². The monoisotopic (exact) mass is 808 g/mol. The zero-order valence-electron chi connectivity index (χ0n) is 33.9. The third kappa shape index (κ3) is 9.08. The minimum Gasteiger partial charge on any atom is -0.494 e. The molecule has 0 radical (unpaired) electrons. The summed E-state index contributed by atoms with van der Waals surface area (Å²) in [6.45, 7) is 16.4. The standard InChI is InChI=1S/C46H59N7O4.2CH4.H2/c1-32(54)11-14-42(46(3)20-21-46)53-33(2)39-29-36(12-13-38(39)44(53)55)56-28-8-4-7-22-49-23-17-35(18-24-49)57-37-30-51(31-37)34-15-25-50(26-16-34)43-19-27-52-41-10-6-5-9-40(41)47-45(52)48-43;;;/h5-6,9-10,12-13,19,27,29,34-35,37,42H,2,4,7-8,11,14-18,20-26,28,30-31H2,1,3H3;2*1H4;1H. The number of para-hydroxylation sites is 2. The molecule has 11 heteroatoms. The molecule has 2 aromatic carbocycles. The van der Waals surface area contributed by atoms with Crippen molar-refractivity contribution in [1.82, 2.24) is 29.1 Å². The Bertz CT molecular complexity index is 2110. The maximum absolute atomic E-state index is 13.5. The molecule has 6 heterocycles. The van der Waals surface area contributed by atoms with E-state index in [4.69, 9.17) is 19.4 Å². The predicted octanol–water partition coefficient (Wildman–Crippen LogP) is 8.75. The molecule has 0 spiro atoms. The number of imidazole rings is 1. The van der Waals surface area contributed by atoms with Gasteiger partial charge in [-0.25, -0.2) is 4.98 Å². The normalized spacial score (nSPS) is 20.6. The molecule has 1 aliphatic carbocycles. The van der Waals surface area contributed by atoms with E-state index in [0.29, 0.717) is 43.3 Å². The van der Waals surface area contributed by atoms with Gasteiger partial charge >= 0.3 is 0 Å². The molecule has 0 bridgehead atoms. The van der Waals surface area contributed by atoms with E-state index >= 15 is 0 Å². The van der Waals surface area contributed by atoms with Crippen LogP contribution in [0.25, 0.3) is 22.5 Å². The molecule has 4 fully saturated rings. The Morgan fingerprint density at radius 1 is 0.932 bits per heavy atom. The SMILES string of the molecule is C.C.C=C1c2cc(OCCCCCN3CCC(OC4CN(C5CCN(c6ccn7c(n6)nc6ccccc67)CC5)C4)CC3)ccc2C(=O)N1C(CCC(C)=O)C1(C)CC1.[HH]. The number of anilines is 1. The molecule has 1 saturated carbocycles. The highest BCUT2D eigenvalue weighted by Gasteiger charge is 2.51. The second-order valence-electron chi connectivity index (χ2n) is 17.7. The van der Waals surface area contributed by atoms with E-state index < -0.39 is 0 Å². The Morgan fingerprint density at radius 2 is 1.69 bits per heavy atom. The Balaban J connectivity index is 0.00000201. The number of fused-ring (bicyclic) bond motifs is 4. The number of aromatic nitrogens is 3. The van der Waals surface area contributed by atoms with Crippen molar-refractivity contribution in [3.63, 3.8) is 0 Å². The number of hydrogen-bond acceptors (Lipinski definition) is 9. The molecule has 1 atom stereocenters. The van der Waals surface area contributed by atoms with E-state index in [1.165, 1.54) is 6.42 Å². The number of ether oxygens (including phenoxy) is 2. The van der Waals surface area contributed by atoms with Crippen LogP contribution in [0, 0.1) is 5.41 Å². The number of carbonyl (C=O) groups is 2. The Kier molecular flexibility index (Phi) is 13.1. The van der Waals surface area contributed by atoms with E-state index in [1.807, 2.05) is 41.3 Å². The molecule has 5 aliphatic rings. The third-order valence-corrected chi connectivity index (χ3v) is 13.6. The van der Waals surface area contributed by atoms with Crippen molar-refractivity contribution in [3.05, 3.63) is 72.4 Å². The number of Topliss-reactive ketones (excluding diaryl/α,β-unsaturated/α-hetero) is 1. The second kappa shape index (κ2) is 18.1. The number of likely N-dealkylation sites (tertiary alicyclic amines) is 2. The lowest BCUT2D eigenvalue weighted by Gasteiger charge is -2.48. The third-order valence-electron chi connectivity index (χ3n) is 13.6. The minimum atomic E-state index is 0. The number of ketones is 1. The van der Waals surface area contributed by atoms with Crippen molar-refractivity contribution < 1.29 is 20.5 Å². The lowest BCUT2D eigenvalue weighted by Crippen LogP contribution is -2.59. The van der Waals surface area contributed by atoms with Gasteiger partial charge in [-0.3, -0.25) is 14.1 Å². The van der Waals surface area contributed by atoms with Gasteiger partial charge in [-0.2, -0.15) is 4.98 Å². The minimum absolute atomic E-state index is 0. The molecule has 1 amide bonds. The number of benzene rings is 2. The van der Waals surface area contributed by atoms with Crippen LogP contribution < -0.4 is 9.64 Å². The number of rotatable bonds is 16. The first-order valence-electron chi connectivity index (χ1n) is 21.6. The van der Waals surface area contributed by atoms with Gasteiger partial charge in [-0.05, 0) is 119 Å². The van der Waals surface area contributed by atoms with Gasteiger partial charge in [0.25, 0.3) is 5.91 Å². The number of piperidine rings is 2. The summed E-state index contributed by atoms with van der Waals surface area (Å²) in [6.07, 6.45) is 14.1. The van der Waals surface area contributed by atoms with E-state index in [9.17, 15) is 9.59 Å². The number of carbonyl (C=O) groups excluding carboxylic acids is 2. The van der Waals surface area contributed by atoms with Crippen LogP contribution in [0.3, 0.4) is 0 Å². The average molecular weight is 808 g/mol. The van der Waals surface area contributed by atoms with Gasteiger partial charge in [0.15, 0.2) is 0 Å². The van der Waals surface area contributed by atoms with E-state index in [0.717, 1.165) is 137 Å². The smallest absolute Gasteiger partial charge is 0.259 e. The number of unbranched alkanes of at least 4 members (excludes halogenated alkanes) is 2. The molecule has 4 aliphatic heterocycles. The van der Waals surface area contributed by atoms with Crippen molar-refractivity contribution >= 4 is 40.0 Å². The molecule has 9 rings (SSSR count). The van der Waals surface area contributed by atoms with Crippen LogP contribution in [0.5, 0.6) is 5.75 Å². The van der Waals surface area contributed by atoms with Gasteiger partial charge in [0.2, 0.25) is 5.78 Å². The highest BCUT2D eigenvalue weighted by molar-refractivity contribution is 6.09. The fourth-order valence-corrected chi connectivity index (χ4v) is 9.78. The molecular formula is C48H69N7O4. The maximum Gasteiger partial charge on any atom is 0.259 e. The lowest BCUT2D eigenvalue weighted by atomic mass is 9.92. The van der Waals surface area contributed by atoms with Crippen LogP contribution in [-0.2, 0) is 9.53 Å². The van der Waals surface area contributed by atoms with Crippen molar-refractivity contribution in [1.29, 1.82) is 0 Å². The zero-order valence-corrected chi connectivity index (χ0v) is 33.9. The zero-order chi connectivity index (χ0) is 39.1. The van der Waals surface area contributed by atoms with Crippen LogP contribution in [0.2, 0.25) is 0 Å². The summed E-state index contributed by atoms with van der Waals surface area (Å²) >= 11 is 0. The van der Waals surface area contributed by atoms with Gasteiger partial charge in [-0.1, -0.05) is 40.5 Å².